The minimum absolute atomic E-state index is 0.0812. The Hall–Kier alpha value is -3.20. The summed E-state index contributed by atoms with van der Waals surface area (Å²) < 4.78 is 35.2. The number of methoxy groups -OCH3 is 1. The molecule has 0 unspecified atom stereocenters. The van der Waals surface area contributed by atoms with E-state index in [1.807, 2.05) is 0 Å². The van der Waals surface area contributed by atoms with Gasteiger partial charge in [-0.25, -0.2) is 8.42 Å². The van der Waals surface area contributed by atoms with Crippen molar-refractivity contribution in [3.8, 4) is 17.2 Å². The minimum atomic E-state index is -3.49. The van der Waals surface area contributed by atoms with Crippen molar-refractivity contribution in [1.82, 2.24) is 10.2 Å². The maximum Gasteiger partial charge on any atom is 0.322 e. The van der Waals surface area contributed by atoms with E-state index in [1.165, 1.54) is 24.3 Å². The third kappa shape index (κ3) is 4.04. The Morgan fingerprint density at radius 2 is 1.86 bits per heavy atom. The van der Waals surface area contributed by atoms with Crippen molar-refractivity contribution in [3.63, 3.8) is 0 Å². The number of carbonyl (C=O) groups is 1. The molecule has 1 N–H and O–H groups in total. The Bertz CT molecular complexity index is 1110. The fourth-order valence-corrected chi connectivity index (χ4v) is 3.51. The topological polar surface area (TPSA) is 111 Å². The first-order valence-electron chi connectivity index (χ1n) is 8.44. The Labute approximate surface area is 162 Å². The molecule has 0 spiro atoms. The van der Waals surface area contributed by atoms with E-state index in [4.69, 9.17) is 9.15 Å². The van der Waals surface area contributed by atoms with E-state index in [2.05, 4.69) is 15.5 Å². The summed E-state index contributed by atoms with van der Waals surface area (Å²) in [6.45, 7) is 3.17. The highest BCUT2D eigenvalue weighted by molar-refractivity contribution is 7.92. The van der Waals surface area contributed by atoms with Gasteiger partial charge in [-0.05, 0) is 50.2 Å². The van der Waals surface area contributed by atoms with Crippen LogP contribution in [-0.4, -0.2) is 36.9 Å². The Balaban J connectivity index is 1.80. The average molecular weight is 401 g/mol. The fourth-order valence-electron chi connectivity index (χ4n) is 2.40. The number of sulfone groups is 1. The van der Waals surface area contributed by atoms with Gasteiger partial charge in [0.15, 0.2) is 9.84 Å². The van der Waals surface area contributed by atoms with E-state index in [-0.39, 0.29) is 22.4 Å². The molecule has 2 aromatic carbocycles. The van der Waals surface area contributed by atoms with Crippen LogP contribution in [0.1, 0.15) is 24.2 Å². The third-order valence-electron chi connectivity index (χ3n) is 4.01. The first-order chi connectivity index (χ1) is 13.3. The van der Waals surface area contributed by atoms with Crippen molar-refractivity contribution in [2.45, 2.75) is 24.0 Å². The highest BCUT2D eigenvalue weighted by atomic mass is 32.2. The largest absolute Gasteiger partial charge is 0.497 e. The van der Waals surface area contributed by atoms with Crippen molar-refractivity contribution in [1.29, 1.82) is 0 Å². The Morgan fingerprint density at radius 1 is 1.11 bits per heavy atom. The number of nitrogens with zero attached hydrogens (tertiary/aromatic N) is 2. The first kappa shape index (κ1) is 19.6. The molecule has 0 saturated carbocycles. The summed E-state index contributed by atoms with van der Waals surface area (Å²) in [5, 5.41) is 9.60. The monoisotopic (exact) mass is 401 g/mol. The van der Waals surface area contributed by atoms with Gasteiger partial charge in [-0.1, -0.05) is 17.2 Å². The molecule has 1 aromatic heterocycles. The lowest BCUT2D eigenvalue weighted by Crippen LogP contribution is -2.16. The lowest BCUT2D eigenvalue weighted by Gasteiger charge is -2.09. The normalized spacial score (nSPS) is 11.4. The number of aromatic nitrogens is 2. The van der Waals surface area contributed by atoms with Gasteiger partial charge in [-0.2, -0.15) is 0 Å². The van der Waals surface area contributed by atoms with E-state index in [9.17, 15) is 13.2 Å². The van der Waals surface area contributed by atoms with Crippen LogP contribution in [0.25, 0.3) is 11.5 Å². The SMILES string of the molecule is COc1cccc(-c2nnc(NC(=O)c3cccc(S(=O)(=O)C(C)C)c3)o2)c1. The molecule has 1 amide bonds. The average Bonchev–Trinajstić information content (AvgIpc) is 3.16. The molecule has 146 valence electrons. The quantitative estimate of drug-likeness (QED) is 0.675. The lowest BCUT2D eigenvalue weighted by atomic mass is 10.2. The predicted octanol–water partition coefficient (Wildman–Crippen LogP) is 3.18. The van der Waals surface area contributed by atoms with E-state index < -0.39 is 21.0 Å². The van der Waals surface area contributed by atoms with Gasteiger partial charge in [0.25, 0.3) is 5.91 Å². The molecule has 0 aliphatic carbocycles. The molecule has 8 nitrogen and oxygen atoms in total. The van der Waals surface area contributed by atoms with Gasteiger partial charge in [0, 0.05) is 11.1 Å². The molecule has 3 aromatic rings. The van der Waals surface area contributed by atoms with Crippen molar-refractivity contribution in [2.75, 3.05) is 12.4 Å². The van der Waals surface area contributed by atoms with Crippen LogP contribution < -0.4 is 10.1 Å². The van der Waals surface area contributed by atoms with Gasteiger partial charge >= 0.3 is 6.01 Å². The van der Waals surface area contributed by atoms with Crippen LogP contribution in [0.4, 0.5) is 6.01 Å². The Kier molecular flexibility index (Phi) is 5.46. The van der Waals surface area contributed by atoms with Crippen molar-refractivity contribution in [3.05, 3.63) is 54.1 Å². The van der Waals surface area contributed by atoms with Gasteiger partial charge in [0.05, 0.1) is 17.3 Å². The summed E-state index contributed by atoms with van der Waals surface area (Å²) >= 11 is 0. The molecule has 0 aliphatic heterocycles. The molecule has 0 bridgehead atoms. The van der Waals surface area contributed by atoms with E-state index in [0.29, 0.717) is 11.3 Å². The predicted molar refractivity (Wildman–Crippen MR) is 103 cm³/mol. The van der Waals surface area contributed by atoms with Gasteiger partial charge in [0.2, 0.25) is 5.89 Å². The first-order valence-corrected chi connectivity index (χ1v) is 9.99. The molecule has 3 rings (SSSR count). The maximum absolute atomic E-state index is 12.5. The summed E-state index contributed by atoms with van der Waals surface area (Å²) in [4.78, 5) is 12.5. The van der Waals surface area contributed by atoms with E-state index in [1.54, 1.807) is 45.2 Å². The second kappa shape index (κ2) is 7.81. The number of anilines is 1. The molecule has 28 heavy (non-hydrogen) atoms. The number of benzene rings is 2. The summed E-state index contributed by atoms with van der Waals surface area (Å²) in [7, 11) is -1.94. The zero-order chi connectivity index (χ0) is 20.3. The standard InChI is InChI=1S/C19H19N3O5S/c1-12(2)28(24,25)16-9-5-6-13(11-16)17(23)20-19-22-21-18(27-19)14-7-4-8-15(10-14)26-3/h4-12H,1-3H3,(H,20,22,23). The van der Waals surface area contributed by atoms with Crippen LogP contribution in [0.15, 0.2) is 57.8 Å². The van der Waals surface area contributed by atoms with Crippen LogP contribution >= 0.6 is 0 Å². The molecular formula is C19H19N3O5S. The molecule has 0 fully saturated rings. The zero-order valence-corrected chi connectivity index (χ0v) is 16.4. The van der Waals surface area contributed by atoms with Crippen molar-refractivity contribution in [2.24, 2.45) is 0 Å². The van der Waals surface area contributed by atoms with E-state index >= 15 is 0 Å². The fraction of sp³-hybridized carbons (Fsp3) is 0.211. The lowest BCUT2D eigenvalue weighted by molar-refractivity contribution is 0.102. The molecule has 1 heterocycles. The van der Waals surface area contributed by atoms with Gasteiger partial charge in [-0.3, -0.25) is 10.1 Å². The van der Waals surface area contributed by atoms with Crippen LogP contribution in [0.5, 0.6) is 5.75 Å². The number of hydrogen-bond acceptors (Lipinski definition) is 7. The van der Waals surface area contributed by atoms with Gasteiger partial charge in [-0.15, -0.1) is 5.10 Å². The third-order valence-corrected chi connectivity index (χ3v) is 6.16. The van der Waals surface area contributed by atoms with Crippen LogP contribution in [0.2, 0.25) is 0 Å². The number of nitrogens with one attached hydrogen (secondary N) is 1. The van der Waals surface area contributed by atoms with Crippen molar-refractivity contribution < 1.29 is 22.4 Å². The molecule has 0 radical (unpaired) electrons. The summed E-state index contributed by atoms with van der Waals surface area (Å²) in [6.07, 6.45) is 0. The van der Waals surface area contributed by atoms with Gasteiger partial charge < -0.3 is 9.15 Å². The van der Waals surface area contributed by atoms with E-state index in [0.717, 1.165) is 0 Å². The molecule has 9 heteroatoms. The number of ether oxygens (including phenoxy) is 1. The maximum atomic E-state index is 12.5. The number of carbonyl (C=O) groups excluding carboxylic acids is 1. The minimum Gasteiger partial charge on any atom is -0.497 e. The number of amides is 1. The summed E-state index contributed by atoms with van der Waals surface area (Å²) in [6, 6.07) is 12.7. The number of rotatable bonds is 6. The Morgan fingerprint density at radius 3 is 2.57 bits per heavy atom. The highest BCUT2D eigenvalue weighted by Gasteiger charge is 2.21. The molecular weight excluding hydrogens is 382 g/mol. The second-order valence-corrected chi connectivity index (χ2v) is 8.72. The molecule has 0 aliphatic rings. The summed E-state index contributed by atoms with van der Waals surface area (Å²) in [5.74, 6) is 0.288. The van der Waals surface area contributed by atoms with Crippen molar-refractivity contribution >= 4 is 21.8 Å². The summed E-state index contributed by atoms with van der Waals surface area (Å²) in [5.41, 5.74) is 0.806. The second-order valence-electron chi connectivity index (χ2n) is 6.22. The van der Waals surface area contributed by atoms with Crippen LogP contribution in [0, 0.1) is 0 Å². The van der Waals surface area contributed by atoms with Crippen LogP contribution in [-0.2, 0) is 9.84 Å². The smallest absolute Gasteiger partial charge is 0.322 e. The van der Waals surface area contributed by atoms with Crippen LogP contribution in [0.3, 0.4) is 0 Å². The molecule has 0 saturated heterocycles. The zero-order valence-electron chi connectivity index (χ0n) is 15.5. The molecule has 0 atom stereocenters. The highest BCUT2D eigenvalue weighted by Crippen LogP contribution is 2.24. The number of hydrogen-bond donors (Lipinski definition) is 1. The van der Waals surface area contributed by atoms with Gasteiger partial charge in [0.1, 0.15) is 5.75 Å².